The first-order valence-electron chi connectivity index (χ1n) is 17.4. The van der Waals surface area contributed by atoms with Crippen molar-refractivity contribution in [3.05, 3.63) is 158 Å². The van der Waals surface area contributed by atoms with Crippen LogP contribution >= 0.6 is 0 Å². The molecule has 0 amide bonds. The Morgan fingerprint density at radius 1 is 0.604 bits per heavy atom. The van der Waals surface area contributed by atoms with E-state index in [-0.39, 0.29) is 20.1 Å². The average Bonchev–Trinajstić information content (AvgIpc) is 4.00. The molecule has 53 heavy (non-hydrogen) atoms. The number of imidazole rings is 2. The van der Waals surface area contributed by atoms with E-state index in [2.05, 4.69) is 113 Å². The van der Waals surface area contributed by atoms with Gasteiger partial charge in [0.2, 0.25) is 6.33 Å². The minimum atomic E-state index is 0. The molecule has 0 saturated carbocycles. The zero-order valence-corrected chi connectivity index (χ0v) is 31.2. The Balaban J connectivity index is 0.000000173. The molecule has 6 nitrogen and oxygen atoms in total. The molecule has 12 rings (SSSR count). The summed E-state index contributed by atoms with van der Waals surface area (Å²) < 4.78 is 15.3. The van der Waals surface area contributed by atoms with Crippen LogP contribution in [0.5, 0.6) is 0 Å². The maximum atomic E-state index is 6.80. The van der Waals surface area contributed by atoms with E-state index in [4.69, 9.17) is 9.40 Å². The largest absolute Gasteiger partial charge is 3.00 e. The van der Waals surface area contributed by atoms with E-state index in [0.717, 1.165) is 55.6 Å². The Morgan fingerprint density at radius 3 is 2.15 bits per heavy atom. The predicted molar refractivity (Wildman–Crippen MR) is 209 cm³/mol. The normalized spacial score (nSPS) is 11.8. The maximum absolute atomic E-state index is 6.80. The number of benzene rings is 7. The van der Waals surface area contributed by atoms with Crippen molar-refractivity contribution in [1.82, 2.24) is 18.5 Å². The fourth-order valence-electron chi connectivity index (χ4n) is 8.17. The fourth-order valence-corrected chi connectivity index (χ4v) is 8.17. The summed E-state index contributed by atoms with van der Waals surface area (Å²) in [5.41, 5.74) is 11.7. The number of hydrogen-bond donors (Lipinski definition) is 0. The monoisotopic (exact) mass is 860 g/mol. The summed E-state index contributed by atoms with van der Waals surface area (Å²) in [5.74, 6) is 0.885. The van der Waals surface area contributed by atoms with E-state index in [1.165, 1.54) is 43.6 Å². The van der Waals surface area contributed by atoms with Gasteiger partial charge in [-0.1, -0.05) is 66.4 Å². The Morgan fingerprint density at radius 2 is 1.32 bits per heavy atom. The third-order valence-electron chi connectivity index (χ3n) is 10.4. The van der Waals surface area contributed by atoms with Gasteiger partial charge in [0.1, 0.15) is 11.1 Å². The molecule has 0 spiro atoms. The van der Waals surface area contributed by atoms with Gasteiger partial charge in [-0.15, -0.1) is 35.9 Å². The van der Waals surface area contributed by atoms with Gasteiger partial charge in [0.05, 0.1) is 51.4 Å². The van der Waals surface area contributed by atoms with Gasteiger partial charge in [-0.25, -0.2) is 0 Å². The third-order valence-corrected chi connectivity index (χ3v) is 10.4. The van der Waals surface area contributed by atoms with Crippen LogP contribution in [0.3, 0.4) is 0 Å². The first kappa shape index (κ1) is 31.5. The number of nitrogens with zero attached hydrogens (tertiary/aromatic N) is 5. The summed E-state index contributed by atoms with van der Waals surface area (Å²) in [7, 11) is 4.06. The fraction of sp³-hybridized carbons (Fsp3) is 0.0435. The summed E-state index contributed by atoms with van der Waals surface area (Å²) in [6.45, 7) is 0. The Kier molecular flexibility index (Phi) is 7.06. The molecule has 0 aliphatic rings. The van der Waals surface area contributed by atoms with E-state index in [1.54, 1.807) is 0 Å². The molecule has 252 valence electrons. The van der Waals surface area contributed by atoms with Gasteiger partial charge in [-0.05, 0) is 30.3 Å². The summed E-state index contributed by atoms with van der Waals surface area (Å²) in [4.78, 5) is 4.93. The Hall–Kier alpha value is -6.27. The van der Waals surface area contributed by atoms with Crippen molar-refractivity contribution < 1.29 is 29.1 Å². The summed E-state index contributed by atoms with van der Waals surface area (Å²) in [5, 5.41) is 7.20. The molecule has 0 N–H and O–H groups in total. The van der Waals surface area contributed by atoms with Crippen LogP contribution in [0.25, 0.3) is 99.2 Å². The van der Waals surface area contributed by atoms with Crippen LogP contribution in [0.4, 0.5) is 0 Å². The van der Waals surface area contributed by atoms with E-state index in [0.29, 0.717) is 0 Å². The molecule has 7 heteroatoms. The first-order chi connectivity index (χ1) is 25.7. The van der Waals surface area contributed by atoms with E-state index in [1.807, 2.05) is 76.8 Å². The Bertz CT molecular complexity index is 3320. The third kappa shape index (κ3) is 4.48. The second-order valence-electron chi connectivity index (χ2n) is 13.3. The van der Waals surface area contributed by atoms with Crippen LogP contribution in [0, 0.1) is 18.5 Å². The Labute approximate surface area is 317 Å². The molecule has 0 atom stereocenters. The molecular weight excluding hydrogens is 831 g/mol. The molecule has 7 aromatic carbocycles. The molecule has 12 aromatic rings. The number of fused-ring (bicyclic) bond motifs is 13. The number of aryl methyl sites for hydroxylation is 2. The van der Waals surface area contributed by atoms with Gasteiger partial charge in [-0.3, -0.25) is 4.98 Å². The minimum absolute atomic E-state index is 0. The zero-order chi connectivity index (χ0) is 34.5. The topological polar surface area (TPSA) is 44.2 Å². The van der Waals surface area contributed by atoms with Crippen LogP contribution in [-0.4, -0.2) is 18.5 Å². The first-order valence-corrected chi connectivity index (χ1v) is 17.4. The number of furan rings is 1. The van der Waals surface area contributed by atoms with Crippen molar-refractivity contribution in [2.75, 3.05) is 0 Å². The molecule has 5 heterocycles. The molecule has 0 unspecified atom stereocenters. The summed E-state index contributed by atoms with van der Waals surface area (Å²) in [6, 6.07) is 54.6. The van der Waals surface area contributed by atoms with Gasteiger partial charge in [0, 0.05) is 34.0 Å². The van der Waals surface area contributed by atoms with E-state index < -0.39 is 0 Å². The molecular formula is C46H29IrN5O+. The van der Waals surface area contributed by atoms with Crippen molar-refractivity contribution in [1.29, 1.82) is 0 Å². The quantitative estimate of drug-likeness (QED) is 0.128. The van der Waals surface area contributed by atoms with Gasteiger partial charge in [0.25, 0.3) is 0 Å². The number of aromatic nitrogens is 5. The molecule has 0 bridgehead atoms. The molecule has 0 fully saturated rings. The second kappa shape index (κ2) is 11.9. The van der Waals surface area contributed by atoms with Crippen LogP contribution in [0.15, 0.2) is 144 Å². The van der Waals surface area contributed by atoms with Crippen LogP contribution in [0.1, 0.15) is 0 Å². The predicted octanol–water partition coefficient (Wildman–Crippen LogP) is 10.1. The van der Waals surface area contributed by atoms with Crippen molar-refractivity contribution in [3.8, 4) is 17.1 Å². The van der Waals surface area contributed by atoms with Gasteiger partial charge in [0.15, 0.2) is 5.58 Å². The maximum Gasteiger partial charge on any atom is 3.00 e. The number of rotatable bonds is 2. The molecule has 0 aliphatic carbocycles. The summed E-state index contributed by atoms with van der Waals surface area (Å²) >= 11 is 0. The molecule has 0 saturated heterocycles. The SMILES string of the molecule is C[n+]1[c-]n(-c2[c-]cccc2)c2ccccc21.Cn1c(-c2[c-]cccc2)nc2ccc3c4ccc5c(c6cccc7c8ccccc8n5c76)c4oc3c21.[Ir+3]. The molecule has 0 radical (unpaired) electrons. The van der Waals surface area contributed by atoms with Crippen LogP contribution < -0.4 is 4.57 Å². The second-order valence-corrected chi connectivity index (χ2v) is 13.3. The van der Waals surface area contributed by atoms with Crippen molar-refractivity contribution in [2.24, 2.45) is 14.1 Å². The summed E-state index contributed by atoms with van der Waals surface area (Å²) in [6.07, 6.45) is 3.27. The van der Waals surface area contributed by atoms with E-state index in [9.17, 15) is 0 Å². The van der Waals surface area contributed by atoms with Crippen molar-refractivity contribution in [2.45, 2.75) is 0 Å². The van der Waals surface area contributed by atoms with Crippen LogP contribution in [0.2, 0.25) is 0 Å². The standard InChI is InChI=1S/C32H18N3O.C14H11N2.Ir/c1-34-29-24(33-32(34)18-8-3-2-4-9-18)16-14-22-21-15-17-26-27(30(21)36-31(22)29)23-12-7-11-20-19-10-5-6-13-25(19)35(26)28(20)23;1-15-11-16(12-7-3-2-4-8-12)14-10-6-5-9-13(14)15;/h2-8,10-17H,1H3;2-7,9-10H,1H3;/q2*-1;+3. The number of hydrogen-bond acceptors (Lipinski definition) is 2. The number of para-hydroxylation sites is 5. The smallest absolute Gasteiger partial charge is 0.453 e. The van der Waals surface area contributed by atoms with Gasteiger partial charge < -0.3 is 22.5 Å². The van der Waals surface area contributed by atoms with Crippen molar-refractivity contribution in [3.63, 3.8) is 0 Å². The molecule has 0 aliphatic heterocycles. The average molecular weight is 860 g/mol. The zero-order valence-electron chi connectivity index (χ0n) is 28.8. The van der Waals surface area contributed by atoms with E-state index >= 15 is 0 Å². The molecule has 5 aromatic heterocycles. The van der Waals surface area contributed by atoms with Crippen molar-refractivity contribution >= 4 is 82.1 Å². The van der Waals surface area contributed by atoms with Crippen LogP contribution in [-0.2, 0) is 34.2 Å². The minimum Gasteiger partial charge on any atom is -0.453 e. The van der Waals surface area contributed by atoms with Gasteiger partial charge in [-0.2, -0.15) is 30.3 Å². The van der Waals surface area contributed by atoms with Gasteiger partial charge >= 0.3 is 20.1 Å².